The monoisotopic (exact) mass is 417 g/mol. The molecule has 2 amide bonds. The maximum atomic E-state index is 12.4. The highest BCUT2D eigenvalue weighted by atomic mass is 16.4. The predicted octanol–water partition coefficient (Wildman–Crippen LogP) is 2.76. The maximum Gasteiger partial charge on any atom is 0.305 e. The first-order valence-electron chi connectivity index (χ1n) is 10.8. The largest absolute Gasteiger partial charge is 0.481 e. The molecule has 7 heteroatoms. The lowest BCUT2D eigenvalue weighted by atomic mass is 9.94. The smallest absolute Gasteiger partial charge is 0.305 e. The Morgan fingerprint density at radius 2 is 2.07 bits per heavy atom. The Balaban J connectivity index is 1.84. The van der Waals surface area contributed by atoms with Crippen LogP contribution in [0.1, 0.15) is 59.3 Å². The fourth-order valence-electron chi connectivity index (χ4n) is 3.86. The third-order valence-electron chi connectivity index (χ3n) is 5.74. The van der Waals surface area contributed by atoms with Crippen LogP contribution in [-0.4, -0.2) is 54.0 Å². The van der Waals surface area contributed by atoms with E-state index in [9.17, 15) is 14.4 Å². The number of carbonyl (C=O) groups is 3. The van der Waals surface area contributed by atoms with Crippen LogP contribution in [0.15, 0.2) is 34.6 Å². The summed E-state index contributed by atoms with van der Waals surface area (Å²) in [6.07, 6.45) is 8.20. The van der Waals surface area contributed by atoms with Crippen molar-refractivity contribution in [3.8, 4) is 0 Å². The number of carboxylic acid groups (broad SMARTS) is 1. The molecule has 3 N–H and O–H groups in total. The second kappa shape index (κ2) is 11.6. The standard InChI is InChI=1S/C23H35N3O4/c1-16(2)20(7-6-19-5-4-10-24-17(19)3)13-18-9-12-26(15-18)22(28)14-21(27)25-11-8-23(29)30/h6-7,18,24H,4-5,8-15H2,1-3H3,(H,25,27)(H,29,30)/b7-6-. The molecule has 30 heavy (non-hydrogen) atoms. The zero-order valence-corrected chi connectivity index (χ0v) is 18.4. The van der Waals surface area contributed by atoms with Crippen molar-refractivity contribution in [3.05, 3.63) is 34.6 Å². The molecule has 1 unspecified atom stereocenters. The zero-order chi connectivity index (χ0) is 22.1. The highest BCUT2D eigenvalue weighted by molar-refractivity contribution is 5.97. The van der Waals surface area contributed by atoms with E-state index in [0.29, 0.717) is 19.0 Å². The Labute approximate surface area is 179 Å². The molecule has 2 heterocycles. The van der Waals surface area contributed by atoms with E-state index in [0.717, 1.165) is 32.2 Å². The number of hydrogen-bond donors (Lipinski definition) is 3. The molecular weight excluding hydrogens is 382 g/mol. The second-order valence-electron chi connectivity index (χ2n) is 8.41. The number of carbonyl (C=O) groups excluding carboxylic acids is 2. The van der Waals surface area contributed by atoms with Gasteiger partial charge in [0, 0.05) is 31.9 Å². The molecule has 0 aromatic heterocycles. The summed E-state index contributed by atoms with van der Waals surface area (Å²) in [6, 6.07) is 0. The fraction of sp³-hybridized carbons (Fsp3) is 0.609. The molecule has 0 aromatic carbocycles. The summed E-state index contributed by atoms with van der Waals surface area (Å²) in [5, 5.41) is 14.5. The van der Waals surface area contributed by atoms with Crippen molar-refractivity contribution in [1.82, 2.24) is 15.5 Å². The van der Waals surface area contributed by atoms with Crippen LogP contribution in [0.2, 0.25) is 0 Å². The summed E-state index contributed by atoms with van der Waals surface area (Å²) in [4.78, 5) is 36.5. The Bertz CT molecular complexity index is 748. The van der Waals surface area contributed by atoms with Gasteiger partial charge in [-0.25, -0.2) is 0 Å². The van der Waals surface area contributed by atoms with Crippen LogP contribution in [-0.2, 0) is 14.4 Å². The van der Waals surface area contributed by atoms with Gasteiger partial charge < -0.3 is 20.6 Å². The van der Waals surface area contributed by atoms with Crippen LogP contribution in [0.25, 0.3) is 0 Å². The van der Waals surface area contributed by atoms with Gasteiger partial charge in [0.25, 0.3) is 0 Å². The van der Waals surface area contributed by atoms with Crippen molar-refractivity contribution in [2.24, 2.45) is 5.92 Å². The van der Waals surface area contributed by atoms with E-state index < -0.39 is 11.9 Å². The maximum absolute atomic E-state index is 12.4. The van der Waals surface area contributed by atoms with Gasteiger partial charge in [-0.15, -0.1) is 0 Å². The molecule has 2 rings (SSSR count). The van der Waals surface area contributed by atoms with E-state index in [1.807, 2.05) is 0 Å². The van der Waals surface area contributed by atoms with E-state index >= 15 is 0 Å². The molecule has 0 spiro atoms. The lowest BCUT2D eigenvalue weighted by Crippen LogP contribution is -2.35. The van der Waals surface area contributed by atoms with Gasteiger partial charge in [0.15, 0.2) is 0 Å². The van der Waals surface area contributed by atoms with Gasteiger partial charge in [0.1, 0.15) is 6.42 Å². The molecule has 2 aliphatic heterocycles. The molecule has 0 saturated carbocycles. The molecular formula is C23H35N3O4. The lowest BCUT2D eigenvalue weighted by molar-refractivity contribution is -0.136. The molecule has 0 radical (unpaired) electrons. The van der Waals surface area contributed by atoms with Crippen molar-refractivity contribution in [1.29, 1.82) is 0 Å². The van der Waals surface area contributed by atoms with E-state index in [2.05, 4.69) is 43.6 Å². The lowest BCUT2D eigenvalue weighted by Gasteiger charge is -2.18. The molecule has 1 saturated heterocycles. The molecule has 0 aromatic rings. The van der Waals surface area contributed by atoms with E-state index in [1.54, 1.807) is 4.90 Å². The summed E-state index contributed by atoms with van der Waals surface area (Å²) < 4.78 is 0. The van der Waals surface area contributed by atoms with Crippen molar-refractivity contribution in [2.45, 2.75) is 59.3 Å². The first-order valence-corrected chi connectivity index (χ1v) is 10.8. The van der Waals surface area contributed by atoms with Gasteiger partial charge in [-0.2, -0.15) is 0 Å². The van der Waals surface area contributed by atoms with Crippen LogP contribution in [0.4, 0.5) is 0 Å². The number of aliphatic carboxylic acids is 1. The Morgan fingerprint density at radius 3 is 2.73 bits per heavy atom. The molecule has 1 fully saturated rings. The van der Waals surface area contributed by atoms with Crippen molar-refractivity contribution >= 4 is 17.8 Å². The molecule has 0 aliphatic carbocycles. The minimum atomic E-state index is -0.973. The quantitative estimate of drug-likeness (QED) is 0.396. The number of nitrogens with zero attached hydrogens (tertiary/aromatic N) is 1. The topological polar surface area (TPSA) is 98.7 Å². The third kappa shape index (κ3) is 7.69. The van der Waals surface area contributed by atoms with Gasteiger partial charge in [0.2, 0.25) is 11.8 Å². The number of allylic oxidation sites excluding steroid dienone is 6. The van der Waals surface area contributed by atoms with Crippen molar-refractivity contribution in [3.63, 3.8) is 0 Å². The van der Waals surface area contributed by atoms with Gasteiger partial charge >= 0.3 is 5.97 Å². The highest BCUT2D eigenvalue weighted by Crippen LogP contribution is 2.27. The average molecular weight is 418 g/mol. The van der Waals surface area contributed by atoms with Crippen molar-refractivity contribution in [2.75, 3.05) is 26.2 Å². The normalized spacial score (nSPS) is 19.0. The van der Waals surface area contributed by atoms with Gasteiger partial charge in [0.05, 0.1) is 6.42 Å². The number of carboxylic acids is 1. The van der Waals surface area contributed by atoms with E-state index in [1.165, 1.54) is 22.4 Å². The number of nitrogens with one attached hydrogen (secondary N) is 2. The molecule has 2 aliphatic rings. The minimum absolute atomic E-state index is 0.0474. The van der Waals surface area contributed by atoms with Gasteiger partial charge in [-0.3, -0.25) is 14.4 Å². The predicted molar refractivity (Wildman–Crippen MR) is 117 cm³/mol. The molecule has 166 valence electrons. The highest BCUT2D eigenvalue weighted by Gasteiger charge is 2.27. The number of rotatable bonds is 9. The average Bonchev–Trinajstić information content (AvgIpc) is 3.14. The molecule has 0 bridgehead atoms. The van der Waals surface area contributed by atoms with Crippen LogP contribution in [0.3, 0.4) is 0 Å². The first kappa shape index (κ1) is 23.7. The van der Waals surface area contributed by atoms with E-state index in [4.69, 9.17) is 5.11 Å². The Morgan fingerprint density at radius 1 is 1.30 bits per heavy atom. The Kier molecular flexibility index (Phi) is 9.15. The zero-order valence-electron chi connectivity index (χ0n) is 18.4. The van der Waals surface area contributed by atoms with Crippen molar-refractivity contribution < 1.29 is 19.5 Å². The summed E-state index contributed by atoms with van der Waals surface area (Å²) in [6.45, 7) is 8.79. The summed E-state index contributed by atoms with van der Waals surface area (Å²) in [5.41, 5.74) is 5.21. The van der Waals surface area contributed by atoms with E-state index in [-0.39, 0.29) is 25.3 Å². The van der Waals surface area contributed by atoms with Gasteiger partial charge in [-0.05, 0) is 63.5 Å². The second-order valence-corrected chi connectivity index (χ2v) is 8.41. The fourth-order valence-corrected chi connectivity index (χ4v) is 3.86. The van der Waals surface area contributed by atoms with Crippen LogP contribution < -0.4 is 10.6 Å². The number of likely N-dealkylation sites (tertiary alicyclic amines) is 1. The van der Waals surface area contributed by atoms with Crippen LogP contribution in [0, 0.1) is 5.92 Å². The first-order chi connectivity index (χ1) is 14.3. The molecule has 7 nitrogen and oxygen atoms in total. The summed E-state index contributed by atoms with van der Waals surface area (Å²) >= 11 is 0. The third-order valence-corrected chi connectivity index (χ3v) is 5.74. The number of amides is 2. The van der Waals surface area contributed by atoms with Gasteiger partial charge in [-0.1, -0.05) is 17.7 Å². The Hall–Kier alpha value is -2.57. The SMILES string of the molecule is CC(C)=C(/C=C\C1=C(C)NCCC1)CC1CCN(C(=O)CC(=O)NCCC(=O)O)C1. The summed E-state index contributed by atoms with van der Waals surface area (Å²) in [5.74, 6) is -1.19. The number of hydrogen-bond acceptors (Lipinski definition) is 4. The molecule has 1 atom stereocenters. The minimum Gasteiger partial charge on any atom is -0.481 e. The summed E-state index contributed by atoms with van der Waals surface area (Å²) in [7, 11) is 0. The van der Waals surface area contributed by atoms with Crippen LogP contribution in [0.5, 0.6) is 0 Å². The van der Waals surface area contributed by atoms with Crippen LogP contribution >= 0.6 is 0 Å².